The van der Waals surface area contributed by atoms with E-state index in [0.29, 0.717) is 13.1 Å². The largest absolute Gasteiger partial charge is 0.354 e. The smallest absolute Gasteiger partial charge is 0.241 e. The number of aromatic nitrogens is 1. The van der Waals surface area contributed by atoms with Gasteiger partial charge in [0.2, 0.25) is 5.91 Å². The molecule has 0 atom stereocenters. The Bertz CT molecular complexity index is 953. The first-order chi connectivity index (χ1) is 14.7. The fourth-order valence-corrected chi connectivity index (χ4v) is 3.84. The van der Waals surface area contributed by atoms with E-state index in [1.54, 1.807) is 0 Å². The highest BCUT2D eigenvalue weighted by molar-refractivity contribution is 5.94. The van der Waals surface area contributed by atoms with Crippen molar-refractivity contribution in [2.24, 2.45) is 0 Å². The van der Waals surface area contributed by atoms with E-state index in [2.05, 4.69) is 46.0 Å². The lowest BCUT2D eigenvalue weighted by Crippen LogP contribution is -2.50. The molecule has 0 unspecified atom stereocenters. The molecular formula is C25H28N4O. The van der Waals surface area contributed by atoms with Crippen LogP contribution >= 0.6 is 0 Å². The quantitative estimate of drug-likeness (QED) is 0.632. The summed E-state index contributed by atoms with van der Waals surface area (Å²) < 4.78 is 0. The molecule has 1 amide bonds. The molecule has 30 heavy (non-hydrogen) atoms. The predicted octanol–water partition coefficient (Wildman–Crippen LogP) is 3.75. The Morgan fingerprint density at radius 2 is 1.70 bits per heavy atom. The van der Waals surface area contributed by atoms with Gasteiger partial charge < -0.3 is 9.80 Å². The van der Waals surface area contributed by atoms with Crippen LogP contribution in [0.4, 0.5) is 11.5 Å². The van der Waals surface area contributed by atoms with Gasteiger partial charge in [-0.15, -0.1) is 0 Å². The molecule has 0 saturated carbocycles. The van der Waals surface area contributed by atoms with Gasteiger partial charge in [0.1, 0.15) is 5.82 Å². The van der Waals surface area contributed by atoms with Crippen LogP contribution in [-0.2, 0) is 11.3 Å². The van der Waals surface area contributed by atoms with Crippen LogP contribution in [0.25, 0.3) is 0 Å². The minimum atomic E-state index is 0.135. The highest BCUT2D eigenvalue weighted by atomic mass is 16.2. The summed E-state index contributed by atoms with van der Waals surface area (Å²) in [6.07, 6.45) is 1.83. The molecule has 0 N–H and O–H groups in total. The summed E-state index contributed by atoms with van der Waals surface area (Å²) in [5, 5.41) is 0. The minimum Gasteiger partial charge on any atom is -0.354 e. The van der Waals surface area contributed by atoms with Gasteiger partial charge in [-0.05, 0) is 42.3 Å². The van der Waals surface area contributed by atoms with Crippen LogP contribution in [0, 0.1) is 6.92 Å². The van der Waals surface area contributed by atoms with Gasteiger partial charge in [-0.25, -0.2) is 4.98 Å². The highest BCUT2D eigenvalue weighted by Crippen LogP contribution is 2.20. The third-order valence-electron chi connectivity index (χ3n) is 5.50. The van der Waals surface area contributed by atoms with Crippen molar-refractivity contribution in [1.82, 2.24) is 9.88 Å². The van der Waals surface area contributed by atoms with Crippen LogP contribution in [0.5, 0.6) is 0 Å². The molecule has 3 aromatic rings. The van der Waals surface area contributed by atoms with Crippen LogP contribution in [0.1, 0.15) is 11.1 Å². The molecule has 0 aliphatic carbocycles. The second-order valence-electron chi connectivity index (χ2n) is 7.76. The molecule has 0 spiro atoms. The van der Waals surface area contributed by atoms with Crippen molar-refractivity contribution < 1.29 is 4.79 Å². The number of nitrogens with zero attached hydrogens (tertiary/aromatic N) is 4. The first-order valence-corrected chi connectivity index (χ1v) is 10.5. The fourth-order valence-electron chi connectivity index (χ4n) is 3.84. The summed E-state index contributed by atoms with van der Waals surface area (Å²) >= 11 is 0. The lowest BCUT2D eigenvalue weighted by Gasteiger charge is -2.36. The lowest BCUT2D eigenvalue weighted by molar-refractivity contribution is -0.120. The number of hydrogen-bond acceptors (Lipinski definition) is 4. The van der Waals surface area contributed by atoms with Crippen molar-refractivity contribution in [3.63, 3.8) is 0 Å². The maximum absolute atomic E-state index is 13.3. The average molecular weight is 401 g/mol. The van der Waals surface area contributed by atoms with E-state index < -0.39 is 0 Å². The summed E-state index contributed by atoms with van der Waals surface area (Å²) in [4.78, 5) is 24.2. The molecule has 0 bridgehead atoms. The van der Waals surface area contributed by atoms with E-state index in [4.69, 9.17) is 0 Å². The second-order valence-corrected chi connectivity index (χ2v) is 7.76. The van der Waals surface area contributed by atoms with Gasteiger partial charge in [0.05, 0.1) is 13.1 Å². The number of pyridine rings is 1. The van der Waals surface area contributed by atoms with Crippen molar-refractivity contribution in [3.8, 4) is 0 Å². The zero-order valence-corrected chi connectivity index (χ0v) is 17.4. The molecule has 1 aliphatic heterocycles. The van der Waals surface area contributed by atoms with Gasteiger partial charge >= 0.3 is 0 Å². The fraction of sp³-hybridized carbons (Fsp3) is 0.280. The second kappa shape index (κ2) is 9.55. The molecule has 5 heteroatoms. The number of carbonyl (C=O) groups excluding carboxylic acids is 1. The van der Waals surface area contributed by atoms with Crippen LogP contribution in [0.3, 0.4) is 0 Å². The number of hydrogen-bond donors (Lipinski definition) is 0. The summed E-state index contributed by atoms with van der Waals surface area (Å²) in [5.74, 6) is 1.14. The van der Waals surface area contributed by atoms with Crippen molar-refractivity contribution in [2.75, 3.05) is 42.5 Å². The van der Waals surface area contributed by atoms with E-state index in [9.17, 15) is 4.79 Å². The first-order valence-electron chi connectivity index (χ1n) is 10.5. The molecule has 4 rings (SSSR count). The molecule has 5 nitrogen and oxygen atoms in total. The minimum absolute atomic E-state index is 0.135. The first kappa shape index (κ1) is 20.1. The third kappa shape index (κ3) is 5.05. The molecule has 1 fully saturated rings. The topological polar surface area (TPSA) is 39.7 Å². The Labute approximate surface area is 178 Å². The van der Waals surface area contributed by atoms with Crippen molar-refractivity contribution in [2.45, 2.75) is 13.5 Å². The van der Waals surface area contributed by atoms with E-state index in [1.165, 1.54) is 0 Å². The zero-order chi connectivity index (χ0) is 20.8. The van der Waals surface area contributed by atoms with Gasteiger partial charge in [-0.3, -0.25) is 9.69 Å². The van der Waals surface area contributed by atoms with Crippen LogP contribution < -0.4 is 9.80 Å². The number of benzene rings is 2. The molecular weight excluding hydrogens is 372 g/mol. The average Bonchev–Trinajstić information content (AvgIpc) is 2.79. The highest BCUT2D eigenvalue weighted by Gasteiger charge is 2.23. The monoisotopic (exact) mass is 400 g/mol. The number of amides is 1. The Hall–Kier alpha value is -3.18. The standard InChI is InChI=1S/C25H28N4O/c1-21-8-7-11-23(18-21)29(19-22-9-3-2-4-10-22)25(30)20-27-14-16-28(17-15-27)24-12-5-6-13-26-24/h2-13,18H,14-17,19-20H2,1H3. The Morgan fingerprint density at radius 1 is 0.933 bits per heavy atom. The van der Waals surface area contributed by atoms with Gasteiger partial charge in [-0.2, -0.15) is 0 Å². The summed E-state index contributed by atoms with van der Waals surface area (Å²) in [7, 11) is 0. The third-order valence-corrected chi connectivity index (χ3v) is 5.50. The van der Waals surface area contributed by atoms with Crippen LogP contribution in [0.15, 0.2) is 79.0 Å². The molecule has 2 aromatic carbocycles. The molecule has 0 radical (unpaired) electrons. The number of rotatable bonds is 6. The van der Waals surface area contributed by atoms with E-state index in [-0.39, 0.29) is 5.91 Å². The number of aryl methyl sites for hydroxylation is 1. The number of anilines is 2. The maximum Gasteiger partial charge on any atom is 0.241 e. The predicted molar refractivity (Wildman–Crippen MR) is 122 cm³/mol. The lowest BCUT2D eigenvalue weighted by atomic mass is 10.1. The number of carbonyl (C=O) groups is 1. The molecule has 1 aliphatic rings. The van der Waals surface area contributed by atoms with Crippen LogP contribution in [0.2, 0.25) is 0 Å². The molecule has 154 valence electrons. The molecule has 2 heterocycles. The summed E-state index contributed by atoms with van der Waals surface area (Å²) in [6.45, 7) is 6.55. The van der Waals surface area contributed by atoms with Gasteiger partial charge in [-0.1, -0.05) is 48.5 Å². The van der Waals surface area contributed by atoms with Gasteiger partial charge in [0.25, 0.3) is 0 Å². The van der Waals surface area contributed by atoms with Gasteiger partial charge in [0.15, 0.2) is 0 Å². The van der Waals surface area contributed by atoms with E-state index in [0.717, 1.165) is 48.8 Å². The SMILES string of the molecule is Cc1cccc(N(Cc2ccccc2)C(=O)CN2CCN(c3ccccn3)CC2)c1. The normalized spacial score (nSPS) is 14.5. The Morgan fingerprint density at radius 3 is 2.40 bits per heavy atom. The maximum atomic E-state index is 13.3. The summed E-state index contributed by atoms with van der Waals surface area (Å²) in [6, 6.07) is 24.4. The summed E-state index contributed by atoms with van der Waals surface area (Å²) in [5.41, 5.74) is 3.24. The molecule has 1 saturated heterocycles. The molecule has 1 aromatic heterocycles. The number of piperazine rings is 1. The van der Waals surface area contributed by atoms with E-state index in [1.807, 2.05) is 59.6 Å². The Kier molecular flexibility index (Phi) is 6.40. The van der Waals surface area contributed by atoms with E-state index >= 15 is 0 Å². The van der Waals surface area contributed by atoms with Crippen LogP contribution in [-0.4, -0.2) is 48.5 Å². The Balaban J connectivity index is 1.43. The van der Waals surface area contributed by atoms with Crippen molar-refractivity contribution in [3.05, 3.63) is 90.1 Å². The van der Waals surface area contributed by atoms with Crippen molar-refractivity contribution in [1.29, 1.82) is 0 Å². The zero-order valence-electron chi connectivity index (χ0n) is 17.4. The van der Waals surface area contributed by atoms with Crippen molar-refractivity contribution >= 4 is 17.4 Å². The van der Waals surface area contributed by atoms with Gasteiger partial charge in [0, 0.05) is 38.1 Å².